The zero-order chi connectivity index (χ0) is 12.5. The minimum Gasteiger partial charge on any atom is -0.326 e. The third-order valence-corrected chi connectivity index (χ3v) is 4.91. The second kappa shape index (κ2) is 4.72. The number of rotatable bonds is 3. The molecular formula is C11H15FN2O2S. The summed E-state index contributed by atoms with van der Waals surface area (Å²) in [7, 11) is -3.59. The molecule has 4 nitrogen and oxygen atoms in total. The molecular weight excluding hydrogens is 243 g/mol. The number of hydrogen-bond acceptors (Lipinski definition) is 3. The van der Waals surface area contributed by atoms with Gasteiger partial charge in [-0.3, -0.25) is 0 Å². The lowest BCUT2D eigenvalue weighted by molar-refractivity contribution is 0.475. The normalized spacial score (nSPS) is 17.5. The van der Waals surface area contributed by atoms with E-state index < -0.39 is 15.8 Å². The number of benzene rings is 1. The molecule has 0 radical (unpaired) electrons. The van der Waals surface area contributed by atoms with Crippen LogP contribution < -0.4 is 5.73 Å². The van der Waals surface area contributed by atoms with Gasteiger partial charge in [-0.2, -0.15) is 4.31 Å². The Morgan fingerprint density at radius 2 is 1.94 bits per heavy atom. The van der Waals surface area contributed by atoms with E-state index in [1.54, 1.807) is 0 Å². The Balaban J connectivity index is 2.47. The van der Waals surface area contributed by atoms with Crippen molar-refractivity contribution in [3.8, 4) is 0 Å². The van der Waals surface area contributed by atoms with Crippen molar-refractivity contribution >= 4 is 10.0 Å². The minimum atomic E-state index is -3.59. The SMILES string of the molecule is NCc1ccc(F)cc1S(=O)(=O)N1CCCC1. The molecule has 17 heavy (non-hydrogen) atoms. The van der Waals surface area contributed by atoms with Gasteiger partial charge in [0.1, 0.15) is 5.82 Å². The summed E-state index contributed by atoms with van der Waals surface area (Å²) < 4.78 is 39.1. The Bertz CT molecular complexity index is 510. The van der Waals surface area contributed by atoms with Gasteiger partial charge < -0.3 is 5.73 Å². The van der Waals surface area contributed by atoms with Gasteiger partial charge in [-0.15, -0.1) is 0 Å². The maximum absolute atomic E-state index is 13.2. The topological polar surface area (TPSA) is 63.4 Å². The van der Waals surface area contributed by atoms with Gasteiger partial charge in [0, 0.05) is 19.6 Å². The third-order valence-electron chi connectivity index (χ3n) is 2.93. The van der Waals surface area contributed by atoms with E-state index in [4.69, 9.17) is 5.73 Å². The fraction of sp³-hybridized carbons (Fsp3) is 0.455. The monoisotopic (exact) mass is 258 g/mol. The van der Waals surface area contributed by atoms with Gasteiger partial charge in [-0.05, 0) is 30.5 Å². The van der Waals surface area contributed by atoms with E-state index in [-0.39, 0.29) is 11.4 Å². The van der Waals surface area contributed by atoms with E-state index in [2.05, 4.69) is 0 Å². The van der Waals surface area contributed by atoms with E-state index in [0.717, 1.165) is 18.9 Å². The van der Waals surface area contributed by atoms with Crippen molar-refractivity contribution in [2.75, 3.05) is 13.1 Å². The number of nitrogens with two attached hydrogens (primary N) is 1. The molecule has 6 heteroatoms. The summed E-state index contributed by atoms with van der Waals surface area (Å²) in [6, 6.07) is 3.71. The van der Waals surface area contributed by atoms with Crippen LogP contribution in [0.2, 0.25) is 0 Å². The molecule has 0 saturated carbocycles. The van der Waals surface area contributed by atoms with Crippen molar-refractivity contribution in [1.29, 1.82) is 0 Å². The minimum absolute atomic E-state index is 0.00176. The van der Waals surface area contributed by atoms with Crippen LogP contribution in [0, 0.1) is 5.82 Å². The highest BCUT2D eigenvalue weighted by Gasteiger charge is 2.29. The average molecular weight is 258 g/mol. The van der Waals surface area contributed by atoms with Crippen LogP contribution in [0.1, 0.15) is 18.4 Å². The van der Waals surface area contributed by atoms with Gasteiger partial charge in [0.15, 0.2) is 0 Å². The van der Waals surface area contributed by atoms with Crippen molar-refractivity contribution in [3.63, 3.8) is 0 Å². The fourth-order valence-electron chi connectivity index (χ4n) is 2.00. The average Bonchev–Trinajstić information content (AvgIpc) is 2.83. The first-order valence-electron chi connectivity index (χ1n) is 5.54. The van der Waals surface area contributed by atoms with Crippen LogP contribution in [0.3, 0.4) is 0 Å². The van der Waals surface area contributed by atoms with E-state index in [9.17, 15) is 12.8 Å². The van der Waals surface area contributed by atoms with Gasteiger partial charge in [-0.25, -0.2) is 12.8 Å². The van der Waals surface area contributed by atoms with Gasteiger partial charge in [-0.1, -0.05) is 6.07 Å². The Kier molecular flexibility index (Phi) is 3.46. The lowest BCUT2D eigenvalue weighted by Gasteiger charge is -2.17. The molecule has 1 aliphatic rings. The molecule has 1 saturated heterocycles. The fourth-order valence-corrected chi connectivity index (χ4v) is 3.77. The highest BCUT2D eigenvalue weighted by atomic mass is 32.2. The molecule has 0 unspecified atom stereocenters. The molecule has 2 N–H and O–H groups in total. The number of sulfonamides is 1. The van der Waals surface area contributed by atoms with Crippen LogP contribution in [0.25, 0.3) is 0 Å². The number of nitrogens with zero attached hydrogens (tertiary/aromatic N) is 1. The van der Waals surface area contributed by atoms with Crippen molar-refractivity contribution in [2.24, 2.45) is 5.73 Å². The van der Waals surface area contributed by atoms with Crippen LogP contribution in [0.15, 0.2) is 23.1 Å². The first kappa shape index (κ1) is 12.5. The summed E-state index contributed by atoms with van der Waals surface area (Å²) in [4.78, 5) is 0.00176. The highest BCUT2D eigenvalue weighted by Crippen LogP contribution is 2.24. The molecule has 2 rings (SSSR count). The Morgan fingerprint density at radius 1 is 1.29 bits per heavy atom. The molecule has 0 aromatic heterocycles. The molecule has 0 atom stereocenters. The zero-order valence-corrected chi connectivity index (χ0v) is 10.2. The van der Waals surface area contributed by atoms with E-state index >= 15 is 0 Å². The summed E-state index contributed by atoms with van der Waals surface area (Å²) in [5.74, 6) is -0.556. The lowest BCUT2D eigenvalue weighted by atomic mass is 10.2. The number of hydrogen-bond donors (Lipinski definition) is 1. The molecule has 1 aromatic carbocycles. The Labute approximate surface area is 100 Å². The van der Waals surface area contributed by atoms with Gasteiger partial charge in [0.2, 0.25) is 10.0 Å². The molecule has 0 aliphatic carbocycles. The Hall–Kier alpha value is -0.980. The third kappa shape index (κ3) is 2.34. The van der Waals surface area contributed by atoms with Crippen molar-refractivity contribution in [2.45, 2.75) is 24.3 Å². The van der Waals surface area contributed by atoms with Gasteiger partial charge in [0.25, 0.3) is 0 Å². The molecule has 94 valence electrons. The molecule has 1 heterocycles. The highest BCUT2D eigenvalue weighted by molar-refractivity contribution is 7.89. The van der Waals surface area contributed by atoms with Crippen molar-refractivity contribution < 1.29 is 12.8 Å². The predicted octanol–water partition coefficient (Wildman–Crippen LogP) is 1.07. The van der Waals surface area contributed by atoms with Gasteiger partial charge in [0.05, 0.1) is 4.90 Å². The lowest BCUT2D eigenvalue weighted by Crippen LogP contribution is -2.29. The molecule has 0 bridgehead atoms. The summed E-state index contributed by atoms with van der Waals surface area (Å²) in [5.41, 5.74) is 5.95. The van der Waals surface area contributed by atoms with E-state index in [1.165, 1.54) is 16.4 Å². The van der Waals surface area contributed by atoms with Crippen LogP contribution in [-0.4, -0.2) is 25.8 Å². The zero-order valence-electron chi connectivity index (χ0n) is 9.39. The molecule has 1 aromatic rings. The second-order valence-corrected chi connectivity index (χ2v) is 5.97. The smallest absolute Gasteiger partial charge is 0.243 e. The van der Waals surface area contributed by atoms with Crippen molar-refractivity contribution in [1.82, 2.24) is 4.31 Å². The molecule has 0 spiro atoms. The first-order chi connectivity index (χ1) is 8.05. The molecule has 1 fully saturated rings. The van der Waals surface area contributed by atoms with Crippen molar-refractivity contribution in [3.05, 3.63) is 29.6 Å². The largest absolute Gasteiger partial charge is 0.326 e. The van der Waals surface area contributed by atoms with Crippen LogP contribution in [0.5, 0.6) is 0 Å². The standard InChI is InChI=1S/C11H15FN2O2S/c12-10-4-3-9(8-13)11(7-10)17(15,16)14-5-1-2-6-14/h3-4,7H,1-2,5-6,8,13H2. The van der Waals surface area contributed by atoms with Crippen LogP contribution >= 0.6 is 0 Å². The summed E-state index contributed by atoms with van der Waals surface area (Å²) in [6.45, 7) is 1.09. The van der Waals surface area contributed by atoms with E-state index in [1.807, 2.05) is 0 Å². The van der Waals surface area contributed by atoms with Crippen LogP contribution in [0.4, 0.5) is 4.39 Å². The maximum Gasteiger partial charge on any atom is 0.243 e. The Morgan fingerprint density at radius 3 is 2.53 bits per heavy atom. The van der Waals surface area contributed by atoms with Crippen LogP contribution in [-0.2, 0) is 16.6 Å². The second-order valence-electron chi connectivity index (χ2n) is 4.07. The molecule has 0 amide bonds. The summed E-state index contributed by atoms with van der Waals surface area (Å²) >= 11 is 0. The van der Waals surface area contributed by atoms with E-state index in [0.29, 0.717) is 18.7 Å². The number of halogens is 1. The summed E-state index contributed by atoms with van der Waals surface area (Å²) in [6.07, 6.45) is 1.71. The quantitative estimate of drug-likeness (QED) is 0.882. The van der Waals surface area contributed by atoms with Gasteiger partial charge >= 0.3 is 0 Å². The summed E-state index contributed by atoms with van der Waals surface area (Å²) in [5, 5.41) is 0. The maximum atomic E-state index is 13.2. The predicted molar refractivity (Wildman–Crippen MR) is 62.3 cm³/mol. The first-order valence-corrected chi connectivity index (χ1v) is 6.98. The molecule has 1 aliphatic heterocycles.